The molecule has 0 fully saturated rings. The van der Waals surface area contributed by atoms with Gasteiger partial charge in [0.25, 0.3) is 5.91 Å². The van der Waals surface area contributed by atoms with Crippen molar-refractivity contribution in [1.82, 2.24) is 0 Å². The average molecular weight is 307 g/mol. The van der Waals surface area contributed by atoms with Gasteiger partial charge >= 0.3 is 29.6 Å². The number of benzene rings is 2. The smallest absolute Gasteiger partial charge is 0.550 e. The summed E-state index contributed by atoms with van der Waals surface area (Å²) in [5.74, 6) is -2.40. The minimum Gasteiger partial charge on any atom is -0.550 e. The molecule has 0 saturated carbocycles. The predicted octanol–water partition coefficient (Wildman–Crippen LogP) is -1.50. The topological polar surface area (TPSA) is 89.5 Å². The molecule has 0 saturated heterocycles. The molecule has 22 heavy (non-hydrogen) atoms. The third kappa shape index (κ3) is 4.34. The Morgan fingerprint density at radius 1 is 1.09 bits per heavy atom. The fourth-order valence-electron chi connectivity index (χ4n) is 1.86. The second-order valence-electron chi connectivity index (χ2n) is 4.63. The third-order valence-electron chi connectivity index (χ3n) is 3.17. The van der Waals surface area contributed by atoms with Crippen molar-refractivity contribution in [2.45, 2.75) is 12.8 Å². The number of rotatable bonds is 4. The van der Waals surface area contributed by atoms with Crippen molar-refractivity contribution in [2.75, 3.05) is 5.32 Å². The summed E-state index contributed by atoms with van der Waals surface area (Å²) >= 11 is 0. The van der Waals surface area contributed by atoms with Crippen LogP contribution in [0.15, 0.2) is 48.5 Å². The molecular formula is C16H14NNaO4. The van der Waals surface area contributed by atoms with Crippen LogP contribution in [0.25, 0.3) is 0 Å². The Balaban J connectivity index is 0.00000242. The number of carboxylic acids is 1. The Hall–Kier alpha value is -1.82. The summed E-state index contributed by atoms with van der Waals surface area (Å²) in [6.07, 6.45) is 0. The minimum absolute atomic E-state index is 0. The van der Waals surface area contributed by atoms with Gasteiger partial charge in [0.05, 0.1) is 5.56 Å². The predicted molar refractivity (Wildman–Crippen MR) is 75.9 cm³/mol. The van der Waals surface area contributed by atoms with E-state index >= 15 is 0 Å². The van der Waals surface area contributed by atoms with Crippen LogP contribution in [-0.4, -0.2) is 17.0 Å². The summed E-state index contributed by atoms with van der Waals surface area (Å²) in [6.45, 7) is 1.53. The van der Waals surface area contributed by atoms with Crippen LogP contribution in [0.2, 0.25) is 0 Å². The van der Waals surface area contributed by atoms with Crippen molar-refractivity contribution in [1.29, 1.82) is 0 Å². The Bertz CT molecular complexity index is 670. The van der Waals surface area contributed by atoms with E-state index < -0.39 is 17.8 Å². The van der Waals surface area contributed by atoms with Crippen LogP contribution >= 0.6 is 0 Å². The quantitative estimate of drug-likeness (QED) is 0.673. The number of carbonyl (C=O) groups is 2. The molecule has 5 nitrogen and oxygen atoms in total. The van der Waals surface area contributed by atoms with E-state index in [2.05, 4.69) is 5.32 Å². The molecular weight excluding hydrogens is 293 g/mol. The largest absolute Gasteiger partial charge is 1.00 e. The van der Waals surface area contributed by atoms with E-state index in [0.717, 1.165) is 0 Å². The van der Waals surface area contributed by atoms with Gasteiger partial charge in [-0.2, -0.15) is 0 Å². The van der Waals surface area contributed by atoms with Gasteiger partial charge in [-0.15, -0.1) is 0 Å². The third-order valence-corrected chi connectivity index (χ3v) is 3.17. The van der Waals surface area contributed by atoms with Gasteiger partial charge in [0.15, 0.2) is 0 Å². The van der Waals surface area contributed by atoms with E-state index in [9.17, 15) is 19.8 Å². The van der Waals surface area contributed by atoms with Crippen LogP contribution in [0.1, 0.15) is 28.8 Å². The van der Waals surface area contributed by atoms with Gasteiger partial charge in [0, 0.05) is 17.6 Å². The molecule has 108 valence electrons. The molecule has 0 spiro atoms. The molecule has 0 aliphatic heterocycles. The van der Waals surface area contributed by atoms with Crippen molar-refractivity contribution in [3.63, 3.8) is 0 Å². The maximum atomic E-state index is 12.0. The van der Waals surface area contributed by atoms with E-state index in [1.165, 1.54) is 19.1 Å². The minimum atomic E-state index is -1.15. The molecule has 0 aliphatic carbocycles. The molecule has 1 amide bonds. The van der Waals surface area contributed by atoms with E-state index in [4.69, 9.17) is 0 Å². The second kappa shape index (κ2) is 7.98. The first-order chi connectivity index (χ1) is 9.99. The first-order valence-corrected chi connectivity index (χ1v) is 6.39. The van der Waals surface area contributed by atoms with Gasteiger partial charge in [-0.25, -0.2) is 0 Å². The molecule has 2 aromatic rings. The number of aromatic hydroxyl groups is 1. The number of phenols is 1. The number of phenolic OH excluding ortho intramolecular Hbond substituents is 1. The van der Waals surface area contributed by atoms with Gasteiger partial charge in [-0.3, -0.25) is 4.79 Å². The van der Waals surface area contributed by atoms with Crippen LogP contribution in [0, 0.1) is 0 Å². The molecule has 6 heteroatoms. The maximum absolute atomic E-state index is 12.0. The zero-order valence-corrected chi connectivity index (χ0v) is 14.4. The van der Waals surface area contributed by atoms with E-state index in [1.807, 2.05) is 0 Å². The number of carboxylic acid groups (broad SMARTS) is 1. The Labute approximate surface area is 150 Å². The van der Waals surface area contributed by atoms with Gasteiger partial charge in [0.1, 0.15) is 5.75 Å². The van der Waals surface area contributed by atoms with Crippen molar-refractivity contribution in [3.05, 3.63) is 59.7 Å². The SMILES string of the molecule is CC(C(=O)[O-])c1ccc(NC(=O)c2ccccc2O)cc1.[Na+]. The molecule has 0 heterocycles. The fraction of sp³-hybridized carbons (Fsp3) is 0.125. The van der Waals surface area contributed by atoms with Crippen molar-refractivity contribution in [3.8, 4) is 5.75 Å². The van der Waals surface area contributed by atoms with Gasteiger partial charge in [0.2, 0.25) is 0 Å². The van der Waals surface area contributed by atoms with E-state index in [1.54, 1.807) is 36.4 Å². The van der Waals surface area contributed by atoms with E-state index in [-0.39, 0.29) is 40.9 Å². The zero-order valence-electron chi connectivity index (χ0n) is 12.4. The monoisotopic (exact) mass is 307 g/mol. The van der Waals surface area contributed by atoms with Gasteiger partial charge in [-0.1, -0.05) is 31.2 Å². The van der Waals surface area contributed by atoms with Crippen molar-refractivity contribution in [2.24, 2.45) is 0 Å². The fourth-order valence-corrected chi connectivity index (χ4v) is 1.86. The first kappa shape index (κ1) is 18.2. The van der Waals surface area contributed by atoms with Crippen molar-refractivity contribution >= 4 is 17.6 Å². The molecule has 2 rings (SSSR count). The molecule has 2 N–H and O–H groups in total. The summed E-state index contributed by atoms with van der Waals surface area (Å²) in [5, 5.41) is 23.0. The first-order valence-electron chi connectivity index (χ1n) is 6.39. The van der Waals surface area contributed by atoms with Crippen molar-refractivity contribution < 1.29 is 49.4 Å². The summed E-state index contributed by atoms with van der Waals surface area (Å²) in [5.41, 5.74) is 1.28. The van der Waals surface area contributed by atoms with Crippen LogP contribution in [0.5, 0.6) is 5.75 Å². The zero-order chi connectivity index (χ0) is 15.4. The van der Waals surface area contributed by atoms with Crippen LogP contribution in [-0.2, 0) is 4.79 Å². The molecule has 1 atom stereocenters. The summed E-state index contributed by atoms with van der Waals surface area (Å²) in [4.78, 5) is 22.8. The number of aliphatic carboxylic acids is 1. The summed E-state index contributed by atoms with van der Waals surface area (Å²) in [6, 6.07) is 12.7. The number of hydrogen-bond donors (Lipinski definition) is 2. The molecule has 0 bridgehead atoms. The number of hydrogen-bond acceptors (Lipinski definition) is 4. The molecule has 0 aromatic heterocycles. The number of anilines is 1. The van der Waals surface area contributed by atoms with Crippen LogP contribution in [0.4, 0.5) is 5.69 Å². The number of carbonyl (C=O) groups excluding carboxylic acids is 2. The van der Waals surface area contributed by atoms with Crippen LogP contribution in [0.3, 0.4) is 0 Å². The molecule has 2 aromatic carbocycles. The standard InChI is InChI=1S/C16H15NO4.Na/c1-10(16(20)21)11-6-8-12(9-7-11)17-15(19)13-4-2-3-5-14(13)18;/h2-10,18H,1H3,(H,17,19)(H,20,21);/q;+1/p-1. The summed E-state index contributed by atoms with van der Waals surface area (Å²) in [7, 11) is 0. The van der Waals surface area contributed by atoms with Gasteiger partial charge < -0.3 is 20.3 Å². The number of para-hydroxylation sites is 1. The Morgan fingerprint density at radius 3 is 2.23 bits per heavy atom. The molecule has 0 aliphatic rings. The normalized spacial score (nSPS) is 11.1. The second-order valence-corrected chi connectivity index (χ2v) is 4.63. The average Bonchev–Trinajstić information content (AvgIpc) is 2.47. The number of amides is 1. The van der Waals surface area contributed by atoms with Crippen LogP contribution < -0.4 is 40.0 Å². The maximum Gasteiger partial charge on any atom is 1.00 e. The van der Waals surface area contributed by atoms with E-state index in [0.29, 0.717) is 11.3 Å². The van der Waals surface area contributed by atoms with Gasteiger partial charge in [-0.05, 0) is 29.8 Å². The summed E-state index contributed by atoms with van der Waals surface area (Å²) < 4.78 is 0. The molecule has 0 radical (unpaired) electrons. The Morgan fingerprint density at radius 2 is 1.68 bits per heavy atom. The Kier molecular flexibility index (Phi) is 6.61. The molecule has 1 unspecified atom stereocenters. The number of nitrogens with one attached hydrogen (secondary N) is 1.